The molecule has 0 radical (unpaired) electrons. The molecule has 102 valence electrons. The van der Waals surface area contributed by atoms with E-state index in [-0.39, 0.29) is 11.0 Å². The molecular formula is C14H8N4O3. The summed E-state index contributed by atoms with van der Waals surface area (Å²) in [6.07, 6.45) is 0. The van der Waals surface area contributed by atoms with Crippen molar-refractivity contribution < 1.29 is 0 Å². The lowest BCUT2D eigenvalue weighted by atomic mass is 10.1. The van der Waals surface area contributed by atoms with Crippen molar-refractivity contribution in [1.29, 1.82) is 0 Å². The van der Waals surface area contributed by atoms with Gasteiger partial charge in [0, 0.05) is 5.52 Å². The molecule has 0 fully saturated rings. The highest BCUT2D eigenvalue weighted by Crippen LogP contribution is 2.24. The highest BCUT2D eigenvalue weighted by Gasteiger charge is 2.17. The van der Waals surface area contributed by atoms with Crippen LogP contribution in [0.4, 0.5) is 0 Å². The number of hydrogen-bond donors (Lipinski definition) is 3. The Morgan fingerprint density at radius 1 is 0.952 bits per heavy atom. The van der Waals surface area contributed by atoms with Gasteiger partial charge in [-0.15, -0.1) is 0 Å². The molecule has 2 aliphatic rings. The molecule has 4 rings (SSSR count). The van der Waals surface area contributed by atoms with Gasteiger partial charge in [-0.3, -0.25) is 19.6 Å². The van der Waals surface area contributed by atoms with Gasteiger partial charge in [0.1, 0.15) is 5.39 Å². The number of aromatic nitrogens is 4. The first kappa shape index (κ1) is 11.6. The fraction of sp³-hybridized carbons (Fsp3) is 0. The summed E-state index contributed by atoms with van der Waals surface area (Å²) in [5, 5.41) is 0.999. The molecule has 0 saturated heterocycles. The molecule has 0 saturated carbocycles. The molecule has 2 aliphatic heterocycles. The van der Waals surface area contributed by atoms with Crippen molar-refractivity contribution in [1.82, 2.24) is 19.9 Å². The Bertz CT molecular complexity index is 1150. The lowest BCUT2D eigenvalue weighted by Crippen LogP contribution is -2.26. The Morgan fingerprint density at radius 3 is 2.62 bits per heavy atom. The summed E-state index contributed by atoms with van der Waals surface area (Å²) < 4.78 is 0. The van der Waals surface area contributed by atoms with Crippen molar-refractivity contribution in [3.05, 3.63) is 61.5 Å². The zero-order valence-electron chi connectivity index (χ0n) is 10.6. The van der Waals surface area contributed by atoms with Crippen LogP contribution in [0.25, 0.3) is 33.2 Å². The minimum Gasteiger partial charge on any atom is -0.354 e. The van der Waals surface area contributed by atoms with E-state index in [2.05, 4.69) is 19.9 Å². The largest absolute Gasteiger partial charge is 0.354 e. The van der Waals surface area contributed by atoms with Gasteiger partial charge in [-0.2, -0.15) is 4.98 Å². The zero-order valence-corrected chi connectivity index (χ0v) is 10.6. The fourth-order valence-corrected chi connectivity index (χ4v) is 2.48. The summed E-state index contributed by atoms with van der Waals surface area (Å²) in [6, 6.07) is 9.07. The smallest absolute Gasteiger partial charge is 0.327 e. The molecule has 2 aromatic rings. The van der Waals surface area contributed by atoms with Gasteiger partial charge in [0.15, 0.2) is 5.65 Å². The van der Waals surface area contributed by atoms with E-state index >= 15 is 0 Å². The molecule has 3 heterocycles. The molecule has 21 heavy (non-hydrogen) atoms. The second-order valence-corrected chi connectivity index (χ2v) is 4.69. The van der Waals surface area contributed by atoms with E-state index in [1.54, 1.807) is 6.07 Å². The number of hydrogen-bond acceptors (Lipinski definition) is 4. The van der Waals surface area contributed by atoms with Crippen LogP contribution in [-0.4, -0.2) is 19.9 Å². The summed E-state index contributed by atoms with van der Waals surface area (Å²) in [6.45, 7) is 0. The average Bonchev–Trinajstić information content (AvgIpc) is 2.45. The maximum Gasteiger partial charge on any atom is 0.327 e. The van der Waals surface area contributed by atoms with E-state index in [1.807, 2.05) is 24.3 Å². The third-order valence-electron chi connectivity index (χ3n) is 3.41. The summed E-state index contributed by atoms with van der Waals surface area (Å²) in [5.74, 6) is 0. The average molecular weight is 280 g/mol. The van der Waals surface area contributed by atoms with Gasteiger partial charge in [-0.1, -0.05) is 18.2 Å². The number of pyridine rings is 2. The maximum absolute atomic E-state index is 12.1. The van der Waals surface area contributed by atoms with Crippen LogP contribution in [-0.2, 0) is 0 Å². The topological polar surface area (TPSA) is 111 Å². The number of aromatic amines is 3. The third-order valence-corrected chi connectivity index (χ3v) is 3.41. The Labute approximate surface area is 115 Å². The second kappa shape index (κ2) is 3.89. The number of nitrogens with one attached hydrogen (secondary N) is 3. The van der Waals surface area contributed by atoms with Crippen molar-refractivity contribution in [3.63, 3.8) is 0 Å². The van der Waals surface area contributed by atoms with Gasteiger partial charge in [0.2, 0.25) is 0 Å². The minimum atomic E-state index is -0.695. The van der Waals surface area contributed by atoms with E-state index in [9.17, 15) is 14.4 Å². The molecule has 1 aromatic heterocycles. The van der Waals surface area contributed by atoms with Gasteiger partial charge in [0.05, 0.1) is 11.3 Å². The van der Waals surface area contributed by atoms with Crippen molar-refractivity contribution in [3.8, 4) is 11.3 Å². The van der Waals surface area contributed by atoms with Crippen molar-refractivity contribution in [2.75, 3.05) is 0 Å². The van der Waals surface area contributed by atoms with E-state index in [4.69, 9.17) is 0 Å². The normalized spacial score (nSPS) is 11.4. The number of rotatable bonds is 0. The van der Waals surface area contributed by atoms with E-state index in [1.165, 1.54) is 0 Å². The van der Waals surface area contributed by atoms with Crippen LogP contribution in [0, 0.1) is 0 Å². The quantitative estimate of drug-likeness (QED) is 0.322. The molecule has 7 heteroatoms. The molecule has 3 N–H and O–H groups in total. The molecule has 0 aliphatic carbocycles. The number of benzene rings is 1. The zero-order chi connectivity index (χ0) is 14.6. The molecule has 0 unspecified atom stereocenters. The number of para-hydroxylation sites is 1. The van der Waals surface area contributed by atoms with Gasteiger partial charge < -0.3 is 4.98 Å². The Morgan fingerprint density at radius 2 is 1.76 bits per heavy atom. The van der Waals surface area contributed by atoms with Gasteiger partial charge in [0.25, 0.3) is 11.1 Å². The highest BCUT2D eigenvalue weighted by molar-refractivity contribution is 5.95. The van der Waals surface area contributed by atoms with Crippen LogP contribution in [0.15, 0.2) is 44.7 Å². The number of fused-ring (bicyclic) bond motifs is 4. The molecule has 0 atom stereocenters. The van der Waals surface area contributed by atoms with E-state index in [0.717, 1.165) is 10.9 Å². The van der Waals surface area contributed by atoms with Crippen LogP contribution in [0.5, 0.6) is 0 Å². The molecule has 0 spiro atoms. The lowest BCUT2D eigenvalue weighted by molar-refractivity contribution is 1.05. The van der Waals surface area contributed by atoms with Crippen molar-refractivity contribution in [2.45, 2.75) is 0 Å². The Kier molecular flexibility index (Phi) is 2.15. The predicted octanol–water partition coefficient (Wildman–Crippen LogP) is 0.558. The second-order valence-electron chi connectivity index (χ2n) is 4.69. The standard InChI is InChI=1S/C14H8N4O3/c19-12-7-5-6-3-1-2-4-8(6)15-10(7)9-11(16-12)17-14(21)18-13(9)20/h1-5,15H,(H2,16,17,18,19,20,21). The van der Waals surface area contributed by atoms with Crippen LogP contribution >= 0.6 is 0 Å². The maximum atomic E-state index is 12.1. The first-order valence-corrected chi connectivity index (χ1v) is 6.21. The van der Waals surface area contributed by atoms with Crippen LogP contribution < -0.4 is 16.8 Å². The Hall–Kier alpha value is -3.22. The van der Waals surface area contributed by atoms with E-state index < -0.39 is 16.8 Å². The summed E-state index contributed by atoms with van der Waals surface area (Å²) in [4.78, 5) is 46.8. The lowest BCUT2D eigenvalue weighted by Gasteiger charge is -2.09. The molecular weight excluding hydrogens is 272 g/mol. The first-order chi connectivity index (χ1) is 10.1. The third kappa shape index (κ3) is 1.61. The Balaban J connectivity index is 2.36. The van der Waals surface area contributed by atoms with Crippen LogP contribution in [0.1, 0.15) is 0 Å². The van der Waals surface area contributed by atoms with Crippen LogP contribution in [0.2, 0.25) is 0 Å². The minimum absolute atomic E-state index is 0.0206. The van der Waals surface area contributed by atoms with Crippen molar-refractivity contribution >= 4 is 21.9 Å². The summed E-state index contributed by atoms with van der Waals surface area (Å²) >= 11 is 0. The van der Waals surface area contributed by atoms with Gasteiger partial charge in [-0.05, 0) is 17.5 Å². The number of nitrogens with zero attached hydrogens (tertiary/aromatic N) is 1. The van der Waals surface area contributed by atoms with Crippen molar-refractivity contribution in [2.24, 2.45) is 0 Å². The molecule has 0 bridgehead atoms. The monoisotopic (exact) mass is 280 g/mol. The summed E-state index contributed by atoms with van der Waals surface area (Å²) in [7, 11) is 0. The molecule has 0 amide bonds. The van der Waals surface area contributed by atoms with Crippen LogP contribution in [0.3, 0.4) is 0 Å². The van der Waals surface area contributed by atoms with Gasteiger partial charge >= 0.3 is 5.69 Å². The molecule has 7 nitrogen and oxygen atoms in total. The van der Waals surface area contributed by atoms with E-state index in [0.29, 0.717) is 11.3 Å². The highest BCUT2D eigenvalue weighted by atomic mass is 16.2. The SMILES string of the molecule is O=c1[nH]c(=O)c2c3[nH]c4ccccc4cc-3c(=O)nc2[nH]1. The fourth-order valence-electron chi connectivity index (χ4n) is 2.48. The van der Waals surface area contributed by atoms with Gasteiger partial charge in [-0.25, -0.2) is 4.79 Å². The molecule has 1 aromatic carbocycles. The predicted molar refractivity (Wildman–Crippen MR) is 77.7 cm³/mol. The number of H-pyrrole nitrogens is 3. The summed E-state index contributed by atoms with van der Waals surface area (Å²) in [5.41, 5.74) is -0.353. The first-order valence-electron chi connectivity index (χ1n) is 6.21.